The number of fused-ring (bicyclic) bond motifs is 1. The molecule has 7 nitrogen and oxygen atoms in total. The maximum absolute atomic E-state index is 13.3. The van der Waals surface area contributed by atoms with E-state index in [1.54, 1.807) is 0 Å². The highest BCUT2D eigenvalue weighted by molar-refractivity contribution is 7.89. The van der Waals surface area contributed by atoms with E-state index in [1.807, 2.05) is 0 Å². The molecule has 2 aliphatic rings. The summed E-state index contributed by atoms with van der Waals surface area (Å²) in [6, 6.07) is 0. The van der Waals surface area contributed by atoms with Crippen LogP contribution in [0.15, 0.2) is 5.03 Å². The van der Waals surface area contributed by atoms with Gasteiger partial charge < -0.3 is 5.11 Å². The highest BCUT2D eigenvalue weighted by atomic mass is 32.2. The zero-order valence-electron chi connectivity index (χ0n) is 13.4. The molecular weight excluding hydrogens is 344 g/mol. The second kappa shape index (κ2) is 5.48. The molecule has 1 saturated carbocycles. The van der Waals surface area contributed by atoms with E-state index in [0.717, 1.165) is 15.4 Å². The summed E-state index contributed by atoms with van der Waals surface area (Å²) in [5, 5.41) is 12.8. The Labute approximate surface area is 138 Å². The quantitative estimate of drug-likeness (QED) is 0.876. The number of aryl methyl sites for hydroxylation is 2. The molecule has 1 aliphatic heterocycles. The van der Waals surface area contributed by atoms with Crippen molar-refractivity contribution in [3.05, 3.63) is 11.3 Å². The molecule has 0 bridgehead atoms. The number of rotatable bonds is 4. The monoisotopic (exact) mass is 363 g/mol. The number of aromatic nitrogens is 2. The number of sulfonamides is 1. The van der Waals surface area contributed by atoms with Crippen molar-refractivity contribution in [1.82, 2.24) is 14.1 Å². The molecule has 2 heterocycles. The van der Waals surface area contributed by atoms with Crippen LogP contribution in [0, 0.1) is 18.3 Å². The Kier molecular flexibility index (Phi) is 3.95. The van der Waals surface area contributed by atoms with E-state index in [1.165, 1.54) is 14.0 Å². The second-order valence-corrected chi connectivity index (χ2v) is 8.43. The van der Waals surface area contributed by atoms with Crippen LogP contribution in [0.2, 0.25) is 0 Å². The van der Waals surface area contributed by atoms with Gasteiger partial charge in [0, 0.05) is 20.1 Å². The molecule has 3 rings (SSSR count). The Hall–Kier alpha value is -1.55. The van der Waals surface area contributed by atoms with Crippen molar-refractivity contribution in [3.8, 4) is 0 Å². The van der Waals surface area contributed by atoms with Crippen LogP contribution < -0.4 is 0 Å². The van der Waals surface area contributed by atoms with Gasteiger partial charge >= 0.3 is 5.97 Å². The SMILES string of the molecule is Cc1nn(C)c(S(=O)(=O)N2C[C@@H]3CCC[C@@]3(C(=O)O)C2)c1C(F)F. The van der Waals surface area contributed by atoms with E-state index in [4.69, 9.17) is 0 Å². The minimum atomic E-state index is -4.25. The van der Waals surface area contributed by atoms with Crippen molar-refractivity contribution in [2.75, 3.05) is 13.1 Å². The molecule has 134 valence electrons. The van der Waals surface area contributed by atoms with E-state index in [0.29, 0.717) is 12.8 Å². The van der Waals surface area contributed by atoms with E-state index >= 15 is 0 Å². The molecule has 24 heavy (non-hydrogen) atoms. The number of nitrogens with zero attached hydrogens (tertiary/aromatic N) is 3. The van der Waals surface area contributed by atoms with E-state index < -0.39 is 38.4 Å². The summed E-state index contributed by atoms with van der Waals surface area (Å²) in [4.78, 5) is 11.7. The molecule has 10 heteroatoms. The molecular formula is C14H19F2N3O4S. The van der Waals surface area contributed by atoms with Crippen molar-refractivity contribution < 1.29 is 27.1 Å². The van der Waals surface area contributed by atoms with Gasteiger partial charge in [0.1, 0.15) is 0 Å². The minimum Gasteiger partial charge on any atom is -0.481 e. The molecule has 0 aromatic carbocycles. The number of hydrogen-bond donors (Lipinski definition) is 1. The average molecular weight is 363 g/mol. The van der Waals surface area contributed by atoms with Crippen LogP contribution >= 0.6 is 0 Å². The van der Waals surface area contributed by atoms with Gasteiger partial charge in [0.05, 0.1) is 16.7 Å². The Morgan fingerprint density at radius 3 is 2.67 bits per heavy atom. The van der Waals surface area contributed by atoms with Crippen LogP contribution in [0.25, 0.3) is 0 Å². The van der Waals surface area contributed by atoms with E-state index in [-0.39, 0.29) is 24.7 Å². The summed E-state index contributed by atoms with van der Waals surface area (Å²) in [5.74, 6) is -1.30. The summed E-state index contributed by atoms with van der Waals surface area (Å²) in [6.07, 6.45) is -1.20. The molecule has 2 fully saturated rings. The molecule has 1 aromatic heterocycles. The lowest BCUT2D eigenvalue weighted by molar-refractivity contribution is -0.149. The molecule has 1 N–H and O–H groups in total. The van der Waals surface area contributed by atoms with Gasteiger partial charge in [0.15, 0.2) is 5.03 Å². The predicted octanol–water partition coefficient (Wildman–Crippen LogP) is 1.54. The Morgan fingerprint density at radius 1 is 1.46 bits per heavy atom. The van der Waals surface area contributed by atoms with Gasteiger partial charge in [-0.2, -0.15) is 9.40 Å². The molecule has 0 radical (unpaired) electrons. The smallest absolute Gasteiger partial charge is 0.311 e. The minimum absolute atomic E-state index is 0.0431. The number of carboxylic acids is 1. The summed E-state index contributed by atoms with van der Waals surface area (Å²) >= 11 is 0. The fourth-order valence-corrected chi connectivity index (χ4v) is 6.02. The van der Waals surface area contributed by atoms with Crippen LogP contribution in [0.3, 0.4) is 0 Å². The topological polar surface area (TPSA) is 92.5 Å². The Morgan fingerprint density at radius 2 is 2.12 bits per heavy atom. The van der Waals surface area contributed by atoms with E-state index in [9.17, 15) is 27.1 Å². The second-order valence-electron chi connectivity index (χ2n) is 6.58. The third-order valence-electron chi connectivity index (χ3n) is 5.28. The number of hydrogen-bond acceptors (Lipinski definition) is 4. The third kappa shape index (κ3) is 2.26. The van der Waals surface area contributed by atoms with Gasteiger partial charge in [-0.15, -0.1) is 0 Å². The first-order valence-corrected chi connectivity index (χ1v) is 9.10. The lowest BCUT2D eigenvalue weighted by Gasteiger charge is -2.23. The zero-order chi connectivity index (χ0) is 17.9. The predicted molar refractivity (Wildman–Crippen MR) is 79.1 cm³/mol. The maximum Gasteiger partial charge on any atom is 0.311 e. The number of halogens is 2. The first kappa shape index (κ1) is 17.3. The van der Waals surface area contributed by atoms with Crippen molar-refractivity contribution in [1.29, 1.82) is 0 Å². The number of aliphatic carboxylic acids is 1. The van der Waals surface area contributed by atoms with Gasteiger partial charge in [-0.25, -0.2) is 17.2 Å². The summed E-state index contributed by atoms with van der Waals surface area (Å²) in [7, 11) is -2.95. The Balaban J connectivity index is 2.04. The number of alkyl halides is 2. The molecule has 0 unspecified atom stereocenters. The summed E-state index contributed by atoms with van der Waals surface area (Å²) in [5.41, 5.74) is -1.76. The average Bonchev–Trinajstić information content (AvgIpc) is 3.08. The fraction of sp³-hybridized carbons (Fsp3) is 0.714. The summed E-state index contributed by atoms with van der Waals surface area (Å²) < 4.78 is 54.5. The molecule has 1 saturated heterocycles. The van der Waals surface area contributed by atoms with Crippen molar-refractivity contribution in [2.24, 2.45) is 18.4 Å². The largest absolute Gasteiger partial charge is 0.481 e. The fourth-order valence-electron chi connectivity index (χ4n) is 4.11. The van der Waals surface area contributed by atoms with Gasteiger partial charge in [-0.05, 0) is 25.7 Å². The summed E-state index contributed by atoms with van der Waals surface area (Å²) in [6.45, 7) is 1.20. The molecule has 0 spiro atoms. The molecule has 1 aliphatic carbocycles. The lowest BCUT2D eigenvalue weighted by Crippen LogP contribution is -2.37. The van der Waals surface area contributed by atoms with Gasteiger partial charge in [-0.1, -0.05) is 6.42 Å². The van der Waals surface area contributed by atoms with Crippen LogP contribution in [0.1, 0.15) is 36.9 Å². The van der Waals surface area contributed by atoms with Crippen LogP contribution in [0.4, 0.5) is 8.78 Å². The van der Waals surface area contributed by atoms with E-state index in [2.05, 4.69) is 5.10 Å². The molecule has 0 amide bonds. The third-order valence-corrected chi connectivity index (χ3v) is 7.21. The zero-order valence-corrected chi connectivity index (χ0v) is 14.2. The van der Waals surface area contributed by atoms with Crippen molar-refractivity contribution >= 4 is 16.0 Å². The standard InChI is InChI=1S/C14H19F2N3O4S/c1-8-10(11(15)16)12(18(2)17-8)24(22,23)19-6-9-4-3-5-14(9,7-19)13(20)21/h9,11H,3-7H2,1-2H3,(H,20,21)/t9-,14+/m0/s1. The van der Waals surface area contributed by atoms with Gasteiger partial charge in [-0.3, -0.25) is 9.48 Å². The van der Waals surface area contributed by atoms with Crippen molar-refractivity contribution in [2.45, 2.75) is 37.6 Å². The molecule has 2 atom stereocenters. The highest BCUT2D eigenvalue weighted by Crippen LogP contribution is 2.50. The van der Waals surface area contributed by atoms with Crippen LogP contribution in [-0.2, 0) is 21.9 Å². The maximum atomic E-state index is 13.3. The lowest BCUT2D eigenvalue weighted by atomic mass is 9.81. The van der Waals surface area contributed by atoms with Crippen LogP contribution in [-0.4, -0.2) is 46.7 Å². The first-order chi connectivity index (χ1) is 11.1. The molecule has 1 aromatic rings. The van der Waals surface area contributed by atoms with Gasteiger partial charge in [0.2, 0.25) is 0 Å². The van der Waals surface area contributed by atoms with Gasteiger partial charge in [0.25, 0.3) is 16.4 Å². The first-order valence-electron chi connectivity index (χ1n) is 7.66. The van der Waals surface area contributed by atoms with Crippen molar-refractivity contribution in [3.63, 3.8) is 0 Å². The highest BCUT2D eigenvalue weighted by Gasteiger charge is 2.57. The number of carbonyl (C=O) groups is 1. The normalized spacial score (nSPS) is 27.8. The van der Waals surface area contributed by atoms with Crippen LogP contribution in [0.5, 0.6) is 0 Å². The number of carboxylic acid groups (broad SMARTS) is 1. The Bertz CT molecular complexity index is 792.